The van der Waals surface area contributed by atoms with Crippen molar-refractivity contribution in [2.24, 2.45) is 0 Å². The van der Waals surface area contributed by atoms with E-state index in [1.165, 1.54) is 18.4 Å². The van der Waals surface area contributed by atoms with E-state index in [0.717, 1.165) is 30.0 Å². The molecule has 3 nitrogen and oxygen atoms in total. The van der Waals surface area contributed by atoms with Gasteiger partial charge in [0.05, 0.1) is 11.4 Å². The Labute approximate surface area is 142 Å². The lowest BCUT2D eigenvalue weighted by Gasteiger charge is -2.22. The zero-order chi connectivity index (χ0) is 16.4. The SMILES string of the molecule is Cc1ccc(C(=O)Nc2cc(Cl)ccc2N2CCCC2)cc1C. The Kier molecular flexibility index (Phi) is 4.58. The van der Waals surface area contributed by atoms with Crippen LogP contribution in [0.15, 0.2) is 36.4 Å². The first kappa shape index (κ1) is 15.9. The quantitative estimate of drug-likeness (QED) is 0.877. The van der Waals surface area contributed by atoms with Crippen LogP contribution in [0, 0.1) is 13.8 Å². The van der Waals surface area contributed by atoms with Crippen molar-refractivity contribution in [3.8, 4) is 0 Å². The van der Waals surface area contributed by atoms with Crippen LogP contribution < -0.4 is 10.2 Å². The van der Waals surface area contributed by atoms with Gasteiger partial charge in [-0.15, -0.1) is 0 Å². The summed E-state index contributed by atoms with van der Waals surface area (Å²) >= 11 is 6.13. The fourth-order valence-electron chi connectivity index (χ4n) is 2.92. The highest BCUT2D eigenvalue weighted by molar-refractivity contribution is 6.31. The van der Waals surface area contributed by atoms with Gasteiger partial charge in [-0.1, -0.05) is 17.7 Å². The van der Waals surface area contributed by atoms with Crippen LogP contribution in [0.25, 0.3) is 0 Å². The lowest BCUT2D eigenvalue weighted by Crippen LogP contribution is -2.21. The first-order chi connectivity index (χ1) is 11.0. The molecule has 0 bridgehead atoms. The third kappa shape index (κ3) is 3.50. The topological polar surface area (TPSA) is 32.3 Å². The highest BCUT2D eigenvalue weighted by Gasteiger charge is 2.18. The number of nitrogens with one attached hydrogen (secondary N) is 1. The first-order valence-corrected chi connectivity index (χ1v) is 8.35. The van der Waals surface area contributed by atoms with Crippen molar-refractivity contribution in [3.05, 3.63) is 58.1 Å². The summed E-state index contributed by atoms with van der Waals surface area (Å²) < 4.78 is 0. The Hall–Kier alpha value is -2.00. The number of anilines is 2. The summed E-state index contributed by atoms with van der Waals surface area (Å²) in [6, 6.07) is 11.4. The molecular formula is C19H21ClN2O. The number of aryl methyl sites for hydroxylation is 2. The van der Waals surface area contributed by atoms with E-state index < -0.39 is 0 Å². The van der Waals surface area contributed by atoms with Crippen LogP contribution in [0.3, 0.4) is 0 Å². The van der Waals surface area contributed by atoms with Gasteiger partial charge in [0.2, 0.25) is 0 Å². The summed E-state index contributed by atoms with van der Waals surface area (Å²) in [6.45, 7) is 6.10. The minimum absolute atomic E-state index is 0.101. The van der Waals surface area contributed by atoms with Crippen molar-refractivity contribution in [1.29, 1.82) is 0 Å². The molecule has 1 heterocycles. The zero-order valence-corrected chi connectivity index (χ0v) is 14.3. The maximum absolute atomic E-state index is 12.6. The van der Waals surface area contributed by atoms with Gasteiger partial charge in [-0.3, -0.25) is 4.79 Å². The maximum Gasteiger partial charge on any atom is 0.255 e. The summed E-state index contributed by atoms with van der Waals surface area (Å²) in [5, 5.41) is 3.65. The largest absolute Gasteiger partial charge is 0.370 e. The monoisotopic (exact) mass is 328 g/mol. The molecule has 3 rings (SSSR count). The molecule has 1 aliphatic rings. The normalized spacial score (nSPS) is 14.1. The molecule has 4 heteroatoms. The minimum atomic E-state index is -0.101. The van der Waals surface area contributed by atoms with Crippen LogP contribution >= 0.6 is 11.6 Å². The second-order valence-electron chi connectivity index (χ2n) is 6.11. The second kappa shape index (κ2) is 6.63. The van der Waals surface area contributed by atoms with Crippen molar-refractivity contribution < 1.29 is 4.79 Å². The van der Waals surface area contributed by atoms with E-state index in [4.69, 9.17) is 11.6 Å². The highest BCUT2D eigenvalue weighted by Crippen LogP contribution is 2.32. The number of halogens is 1. The van der Waals surface area contributed by atoms with Gasteiger partial charge in [-0.25, -0.2) is 0 Å². The van der Waals surface area contributed by atoms with E-state index in [-0.39, 0.29) is 5.91 Å². The summed E-state index contributed by atoms with van der Waals surface area (Å²) in [7, 11) is 0. The summed E-state index contributed by atoms with van der Waals surface area (Å²) in [5.41, 5.74) is 4.79. The molecule has 2 aromatic rings. The molecule has 1 amide bonds. The van der Waals surface area contributed by atoms with Crippen LogP contribution in [0.2, 0.25) is 5.02 Å². The first-order valence-electron chi connectivity index (χ1n) is 7.98. The fraction of sp³-hybridized carbons (Fsp3) is 0.316. The van der Waals surface area contributed by atoms with Gasteiger partial charge in [0.1, 0.15) is 0 Å². The maximum atomic E-state index is 12.6. The van der Waals surface area contributed by atoms with Crippen LogP contribution in [0.5, 0.6) is 0 Å². The summed E-state index contributed by atoms with van der Waals surface area (Å²) in [5.74, 6) is -0.101. The lowest BCUT2D eigenvalue weighted by atomic mass is 10.1. The molecule has 0 radical (unpaired) electrons. The lowest BCUT2D eigenvalue weighted by molar-refractivity contribution is 0.102. The number of amides is 1. The number of rotatable bonds is 3. The molecule has 2 aromatic carbocycles. The van der Waals surface area contributed by atoms with Gasteiger partial charge in [0.25, 0.3) is 5.91 Å². The van der Waals surface area contributed by atoms with E-state index >= 15 is 0 Å². The van der Waals surface area contributed by atoms with Gasteiger partial charge in [0.15, 0.2) is 0 Å². The molecule has 1 saturated heterocycles. The van der Waals surface area contributed by atoms with E-state index in [2.05, 4.69) is 10.2 Å². The average Bonchev–Trinajstić information content (AvgIpc) is 3.04. The number of nitrogens with zero attached hydrogens (tertiary/aromatic N) is 1. The molecule has 1 aliphatic heterocycles. The van der Waals surface area contributed by atoms with E-state index in [0.29, 0.717) is 10.6 Å². The fourth-order valence-corrected chi connectivity index (χ4v) is 3.09. The van der Waals surface area contributed by atoms with Crippen molar-refractivity contribution in [2.45, 2.75) is 26.7 Å². The number of hydrogen-bond acceptors (Lipinski definition) is 2. The smallest absolute Gasteiger partial charge is 0.255 e. The van der Waals surface area contributed by atoms with Gasteiger partial charge in [-0.05, 0) is 68.1 Å². The zero-order valence-electron chi connectivity index (χ0n) is 13.5. The van der Waals surface area contributed by atoms with Crippen molar-refractivity contribution in [2.75, 3.05) is 23.3 Å². The van der Waals surface area contributed by atoms with Crippen LogP contribution in [-0.4, -0.2) is 19.0 Å². The van der Waals surface area contributed by atoms with Crippen molar-refractivity contribution in [3.63, 3.8) is 0 Å². The number of benzene rings is 2. The molecule has 1 fully saturated rings. The second-order valence-corrected chi connectivity index (χ2v) is 6.55. The van der Waals surface area contributed by atoms with Crippen LogP contribution in [-0.2, 0) is 0 Å². The third-order valence-corrected chi connectivity index (χ3v) is 4.66. The molecule has 0 atom stereocenters. The molecule has 0 unspecified atom stereocenters. The predicted molar refractivity (Wildman–Crippen MR) is 96.8 cm³/mol. The number of carbonyl (C=O) groups is 1. The Morgan fingerprint density at radius 3 is 2.48 bits per heavy atom. The molecule has 0 saturated carbocycles. The van der Waals surface area contributed by atoms with Crippen molar-refractivity contribution >= 4 is 28.9 Å². The van der Waals surface area contributed by atoms with Crippen molar-refractivity contribution in [1.82, 2.24) is 0 Å². The van der Waals surface area contributed by atoms with Crippen LogP contribution in [0.4, 0.5) is 11.4 Å². The minimum Gasteiger partial charge on any atom is -0.370 e. The Bertz CT molecular complexity index is 736. The third-order valence-electron chi connectivity index (χ3n) is 4.42. The van der Waals surface area contributed by atoms with E-state index in [1.54, 1.807) is 0 Å². The molecule has 0 aromatic heterocycles. The van der Waals surface area contributed by atoms with Gasteiger partial charge in [0, 0.05) is 23.7 Å². The predicted octanol–water partition coefficient (Wildman–Crippen LogP) is 4.81. The highest BCUT2D eigenvalue weighted by atomic mass is 35.5. The Balaban J connectivity index is 1.87. The molecule has 0 aliphatic carbocycles. The molecule has 0 spiro atoms. The molecule has 120 valence electrons. The van der Waals surface area contributed by atoms with E-state index in [9.17, 15) is 4.79 Å². The van der Waals surface area contributed by atoms with Gasteiger partial charge >= 0.3 is 0 Å². The van der Waals surface area contributed by atoms with Gasteiger partial charge < -0.3 is 10.2 Å². The van der Waals surface area contributed by atoms with Crippen LogP contribution in [0.1, 0.15) is 34.3 Å². The molecule has 1 N–H and O–H groups in total. The molecule has 23 heavy (non-hydrogen) atoms. The van der Waals surface area contributed by atoms with E-state index in [1.807, 2.05) is 50.2 Å². The Morgan fingerprint density at radius 2 is 1.78 bits per heavy atom. The summed E-state index contributed by atoms with van der Waals surface area (Å²) in [6.07, 6.45) is 2.38. The summed E-state index contributed by atoms with van der Waals surface area (Å²) in [4.78, 5) is 14.9. The molecular weight excluding hydrogens is 308 g/mol. The standard InChI is InChI=1S/C19H21ClN2O/c1-13-5-6-15(11-14(13)2)19(23)21-17-12-16(20)7-8-18(17)22-9-3-4-10-22/h5-8,11-12H,3-4,9-10H2,1-2H3,(H,21,23). The number of carbonyl (C=O) groups excluding carboxylic acids is 1. The Morgan fingerprint density at radius 1 is 1.04 bits per heavy atom. The average molecular weight is 329 g/mol. The number of hydrogen-bond donors (Lipinski definition) is 1. The van der Waals surface area contributed by atoms with Gasteiger partial charge in [-0.2, -0.15) is 0 Å².